The Morgan fingerprint density at radius 1 is 1.53 bits per heavy atom. The van der Waals surface area contributed by atoms with E-state index in [1.165, 1.54) is 17.4 Å². The van der Waals surface area contributed by atoms with Crippen LogP contribution in [0.2, 0.25) is 0 Å². The molecule has 1 N–H and O–H groups in total. The maximum atomic E-state index is 10.8. The maximum Gasteiger partial charge on any atom is 0.287 e. The van der Waals surface area contributed by atoms with E-state index < -0.39 is 4.92 Å². The molecule has 0 radical (unpaired) electrons. The summed E-state index contributed by atoms with van der Waals surface area (Å²) in [5.74, 6) is 0. The molecule has 0 aliphatic heterocycles. The predicted molar refractivity (Wildman–Crippen MR) is 67.1 cm³/mol. The highest BCUT2D eigenvalue weighted by atomic mass is 127. The van der Waals surface area contributed by atoms with Crippen LogP contribution in [0.15, 0.2) is 18.2 Å². The number of aliphatic hydroxyl groups excluding tert-OH is 1. The van der Waals surface area contributed by atoms with Crippen LogP contribution in [-0.2, 0) is 6.61 Å². The van der Waals surface area contributed by atoms with Crippen molar-refractivity contribution in [2.24, 2.45) is 0 Å². The first-order chi connectivity index (χ1) is 7.15. The van der Waals surface area contributed by atoms with Crippen molar-refractivity contribution in [1.29, 1.82) is 0 Å². The number of nitrogens with zero attached hydrogens (tertiary/aromatic N) is 1. The summed E-state index contributed by atoms with van der Waals surface area (Å²) in [4.78, 5) is 10.4. The monoisotopic (exact) mass is 335 g/mol. The van der Waals surface area contributed by atoms with Crippen molar-refractivity contribution < 1.29 is 10.0 Å². The normalized spacial score (nSPS) is 10.8. The number of non-ortho nitro benzene ring substituents is 1. The van der Waals surface area contributed by atoms with Crippen LogP contribution in [0.5, 0.6) is 0 Å². The number of hydrogen-bond acceptors (Lipinski definition) is 4. The number of nitro benzene ring substituents is 1. The smallest absolute Gasteiger partial charge is 0.287 e. The first-order valence-electron chi connectivity index (χ1n) is 4.10. The van der Waals surface area contributed by atoms with Crippen molar-refractivity contribution in [2.45, 2.75) is 6.61 Å². The standard InChI is InChI=1S/C9H6INO3S/c10-9-6(4-12)5-2-1-3-7(11(13)14)8(5)15-9/h1-3,12H,4H2. The van der Waals surface area contributed by atoms with E-state index in [0.29, 0.717) is 4.70 Å². The number of nitro groups is 1. The first-order valence-corrected chi connectivity index (χ1v) is 6.00. The third-order valence-electron chi connectivity index (χ3n) is 2.10. The SMILES string of the molecule is O=[N+]([O-])c1cccc2c(CO)c(I)sc12. The van der Waals surface area contributed by atoms with Crippen molar-refractivity contribution >= 4 is 49.7 Å². The molecular formula is C9H6INO3S. The predicted octanol–water partition coefficient (Wildman–Crippen LogP) is 2.91. The Morgan fingerprint density at radius 3 is 2.87 bits per heavy atom. The second kappa shape index (κ2) is 4.03. The summed E-state index contributed by atoms with van der Waals surface area (Å²) in [7, 11) is 0. The van der Waals surface area contributed by atoms with E-state index in [2.05, 4.69) is 22.6 Å². The summed E-state index contributed by atoms with van der Waals surface area (Å²) >= 11 is 3.43. The molecule has 4 nitrogen and oxygen atoms in total. The van der Waals surface area contributed by atoms with Gasteiger partial charge in [-0.15, -0.1) is 11.3 Å². The molecule has 0 fully saturated rings. The van der Waals surface area contributed by atoms with Crippen LogP contribution >= 0.6 is 33.9 Å². The molecule has 0 aliphatic carbocycles. The average molecular weight is 335 g/mol. The zero-order valence-corrected chi connectivity index (χ0v) is 10.4. The van der Waals surface area contributed by atoms with Crippen LogP contribution < -0.4 is 0 Å². The number of rotatable bonds is 2. The van der Waals surface area contributed by atoms with Crippen molar-refractivity contribution in [2.75, 3.05) is 0 Å². The van der Waals surface area contributed by atoms with Gasteiger partial charge in [-0.25, -0.2) is 0 Å². The van der Waals surface area contributed by atoms with Gasteiger partial charge in [0.05, 0.1) is 14.4 Å². The van der Waals surface area contributed by atoms with Gasteiger partial charge in [0.2, 0.25) is 0 Å². The van der Waals surface area contributed by atoms with Gasteiger partial charge in [-0.05, 0) is 22.6 Å². The lowest BCUT2D eigenvalue weighted by atomic mass is 10.2. The van der Waals surface area contributed by atoms with Crippen LogP contribution in [0.4, 0.5) is 5.69 Å². The van der Waals surface area contributed by atoms with E-state index in [1.54, 1.807) is 12.1 Å². The first kappa shape index (κ1) is 10.8. The molecule has 0 aliphatic rings. The van der Waals surface area contributed by atoms with Gasteiger partial charge in [0.1, 0.15) is 4.70 Å². The molecule has 15 heavy (non-hydrogen) atoms. The van der Waals surface area contributed by atoms with E-state index in [1.807, 2.05) is 0 Å². The van der Waals surface area contributed by atoms with Gasteiger partial charge in [0, 0.05) is 17.0 Å². The van der Waals surface area contributed by atoms with E-state index in [0.717, 1.165) is 13.8 Å². The highest BCUT2D eigenvalue weighted by Crippen LogP contribution is 2.37. The Hall–Kier alpha value is -0.730. The molecule has 2 aromatic rings. The number of halogens is 1. The average Bonchev–Trinajstić information content (AvgIpc) is 2.52. The zero-order valence-electron chi connectivity index (χ0n) is 7.44. The van der Waals surface area contributed by atoms with E-state index in [9.17, 15) is 10.1 Å². The van der Waals surface area contributed by atoms with Gasteiger partial charge in [-0.1, -0.05) is 12.1 Å². The van der Waals surface area contributed by atoms with Crippen LogP contribution in [0.25, 0.3) is 10.1 Å². The number of fused-ring (bicyclic) bond motifs is 1. The number of aliphatic hydroxyl groups is 1. The molecule has 2 rings (SSSR count). The fraction of sp³-hybridized carbons (Fsp3) is 0.111. The largest absolute Gasteiger partial charge is 0.392 e. The molecule has 0 bridgehead atoms. The second-order valence-corrected chi connectivity index (χ2v) is 5.75. The second-order valence-electron chi connectivity index (χ2n) is 2.92. The molecule has 78 valence electrons. The molecule has 6 heteroatoms. The number of benzene rings is 1. The lowest BCUT2D eigenvalue weighted by Gasteiger charge is -1.95. The molecule has 0 unspecified atom stereocenters. The topological polar surface area (TPSA) is 63.4 Å². The molecule has 0 saturated carbocycles. The summed E-state index contributed by atoms with van der Waals surface area (Å²) in [5.41, 5.74) is 0.884. The zero-order chi connectivity index (χ0) is 11.0. The van der Waals surface area contributed by atoms with Gasteiger partial charge in [0.25, 0.3) is 5.69 Å². The Labute approximate surface area is 103 Å². The van der Waals surface area contributed by atoms with Crippen molar-refractivity contribution in [1.82, 2.24) is 0 Å². The Kier molecular flexibility index (Phi) is 2.89. The molecule has 0 amide bonds. The molecule has 1 aromatic carbocycles. The molecular weight excluding hydrogens is 329 g/mol. The quantitative estimate of drug-likeness (QED) is 0.521. The van der Waals surface area contributed by atoms with Crippen LogP contribution in [0.3, 0.4) is 0 Å². The van der Waals surface area contributed by atoms with Crippen molar-refractivity contribution in [3.8, 4) is 0 Å². The fourth-order valence-electron chi connectivity index (χ4n) is 1.42. The van der Waals surface area contributed by atoms with Gasteiger partial charge in [-0.3, -0.25) is 10.1 Å². The maximum absolute atomic E-state index is 10.8. The molecule has 0 spiro atoms. The highest BCUT2D eigenvalue weighted by Gasteiger charge is 2.17. The van der Waals surface area contributed by atoms with Gasteiger partial charge in [0.15, 0.2) is 0 Å². The molecule has 0 saturated heterocycles. The van der Waals surface area contributed by atoms with E-state index >= 15 is 0 Å². The van der Waals surface area contributed by atoms with Crippen LogP contribution in [0, 0.1) is 13.0 Å². The molecule has 1 heterocycles. The Morgan fingerprint density at radius 2 is 2.27 bits per heavy atom. The van der Waals surface area contributed by atoms with E-state index in [-0.39, 0.29) is 12.3 Å². The third-order valence-corrected chi connectivity index (χ3v) is 4.47. The van der Waals surface area contributed by atoms with Crippen molar-refractivity contribution in [3.63, 3.8) is 0 Å². The summed E-state index contributed by atoms with van der Waals surface area (Å²) in [6.07, 6.45) is 0. The minimum atomic E-state index is -0.393. The fourth-order valence-corrected chi connectivity index (χ4v) is 3.56. The minimum absolute atomic E-state index is 0.0839. The third kappa shape index (κ3) is 1.72. The summed E-state index contributed by atoms with van der Waals surface area (Å²) < 4.78 is 1.54. The van der Waals surface area contributed by atoms with Crippen LogP contribution in [-0.4, -0.2) is 10.0 Å². The lowest BCUT2D eigenvalue weighted by molar-refractivity contribution is -0.382. The van der Waals surface area contributed by atoms with Crippen molar-refractivity contribution in [3.05, 3.63) is 36.8 Å². The van der Waals surface area contributed by atoms with Crippen LogP contribution in [0.1, 0.15) is 5.56 Å². The molecule has 1 aromatic heterocycles. The molecule has 0 atom stereocenters. The summed E-state index contributed by atoms with van der Waals surface area (Å²) in [5, 5.41) is 20.7. The van der Waals surface area contributed by atoms with E-state index in [4.69, 9.17) is 5.11 Å². The Bertz CT molecular complexity index is 537. The summed E-state index contributed by atoms with van der Waals surface area (Å²) in [6.45, 7) is -0.0839. The highest BCUT2D eigenvalue weighted by molar-refractivity contribution is 14.1. The van der Waals surface area contributed by atoms with Gasteiger partial charge >= 0.3 is 0 Å². The van der Waals surface area contributed by atoms with Gasteiger partial charge in [-0.2, -0.15) is 0 Å². The Balaban J connectivity index is 2.83. The number of thiophene rings is 1. The minimum Gasteiger partial charge on any atom is -0.392 e. The van der Waals surface area contributed by atoms with Gasteiger partial charge < -0.3 is 5.11 Å². The summed E-state index contributed by atoms with van der Waals surface area (Å²) in [6, 6.07) is 4.92. The number of hydrogen-bond donors (Lipinski definition) is 1. The lowest BCUT2D eigenvalue weighted by Crippen LogP contribution is -1.87.